The van der Waals surface area contributed by atoms with E-state index in [9.17, 15) is 12.8 Å². The van der Waals surface area contributed by atoms with E-state index in [-0.39, 0.29) is 12.1 Å². The van der Waals surface area contributed by atoms with Crippen molar-refractivity contribution in [2.75, 3.05) is 18.1 Å². The number of halogens is 1. The van der Waals surface area contributed by atoms with Crippen LogP contribution < -0.4 is 10.0 Å². The third kappa shape index (κ3) is 5.24. The van der Waals surface area contributed by atoms with Crippen molar-refractivity contribution in [2.45, 2.75) is 19.4 Å². The Kier molecular flexibility index (Phi) is 4.50. The highest BCUT2D eigenvalue weighted by Crippen LogP contribution is 2.15. The van der Waals surface area contributed by atoms with E-state index in [0.717, 1.165) is 6.26 Å². The molecule has 7 heteroatoms. The number of sulfonamides is 1. The van der Waals surface area contributed by atoms with Crippen LogP contribution in [-0.2, 0) is 10.0 Å². The number of benzene rings is 1. The lowest BCUT2D eigenvalue weighted by atomic mass is 10.1. The van der Waals surface area contributed by atoms with Crippen molar-refractivity contribution in [2.24, 2.45) is 0 Å². The number of nitriles is 1. The van der Waals surface area contributed by atoms with Crippen LogP contribution in [0.1, 0.15) is 19.4 Å². The van der Waals surface area contributed by atoms with E-state index < -0.39 is 21.4 Å². The molecule has 0 bridgehead atoms. The van der Waals surface area contributed by atoms with E-state index in [2.05, 4.69) is 10.0 Å². The molecule has 0 amide bonds. The Morgan fingerprint density at radius 1 is 1.42 bits per heavy atom. The highest BCUT2D eigenvalue weighted by molar-refractivity contribution is 7.88. The molecule has 1 rings (SSSR count). The Bertz CT molecular complexity index is 606. The second kappa shape index (κ2) is 5.55. The van der Waals surface area contributed by atoms with Gasteiger partial charge in [-0.25, -0.2) is 17.5 Å². The Labute approximate surface area is 112 Å². The molecule has 0 aliphatic rings. The summed E-state index contributed by atoms with van der Waals surface area (Å²) >= 11 is 0. The molecule has 0 radical (unpaired) electrons. The average molecular weight is 285 g/mol. The smallest absolute Gasteiger partial charge is 0.209 e. The second-order valence-electron chi connectivity index (χ2n) is 4.92. The first kappa shape index (κ1) is 15.4. The molecule has 0 saturated carbocycles. The van der Waals surface area contributed by atoms with E-state index >= 15 is 0 Å². The summed E-state index contributed by atoms with van der Waals surface area (Å²) in [6, 6.07) is 5.87. The summed E-state index contributed by atoms with van der Waals surface area (Å²) in [5.74, 6) is -0.610. The van der Waals surface area contributed by atoms with Gasteiger partial charge in [-0.15, -0.1) is 0 Å². The lowest BCUT2D eigenvalue weighted by Crippen LogP contribution is -2.47. The van der Waals surface area contributed by atoms with Crippen LogP contribution in [-0.4, -0.2) is 26.8 Å². The second-order valence-corrected chi connectivity index (χ2v) is 6.67. The molecule has 104 valence electrons. The monoisotopic (exact) mass is 285 g/mol. The average Bonchev–Trinajstić information content (AvgIpc) is 2.23. The van der Waals surface area contributed by atoms with Gasteiger partial charge in [0.05, 0.1) is 11.8 Å². The zero-order valence-electron chi connectivity index (χ0n) is 11.0. The molecule has 0 unspecified atom stereocenters. The van der Waals surface area contributed by atoms with Crippen molar-refractivity contribution >= 4 is 15.7 Å². The zero-order valence-corrected chi connectivity index (χ0v) is 11.8. The Morgan fingerprint density at radius 2 is 2.05 bits per heavy atom. The van der Waals surface area contributed by atoms with Gasteiger partial charge in [0.1, 0.15) is 11.9 Å². The molecule has 1 aromatic rings. The maximum Gasteiger partial charge on any atom is 0.209 e. The zero-order chi connectivity index (χ0) is 14.7. The maximum absolute atomic E-state index is 13.4. The van der Waals surface area contributed by atoms with Crippen LogP contribution in [0.25, 0.3) is 0 Å². The largest absolute Gasteiger partial charge is 0.383 e. The van der Waals surface area contributed by atoms with Gasteiger partial charge < -0.3 is 5.32 Å². The fourth-order valence-corrected chi connectivity index (χ4v) is 2.65. The van der Waals surface area contributed by atoms with Crippen molar-refractivity contribution in [3.05, 3.63) is 29.6 Å². The molecule has 2 N–H and O–H groups in total. The van der Waals surface area contributed by atoms with Gasteiger partial charge in [0.2, 0.25) is 10.0 Å². The van der Waals surface area contributed by atoms with Crippen LogP contribution in [0.5, 0.6) is 0 Å². The van der Waals surface area contributed by atoms with Crippen molar-refractivity contribution < 1.29 is 12.8 Å². The number of rotatable bonds is 5. The molecular formula is C12H16FN3O2S. The summed E-state index contributed by atoms with van der Waals surface area (Å²) in [5.41, 5.74) is -0.253. The van der Waals surface area contributed by atoms with Gasteiger partial charge in [0, 0.05) is 17.8 Å². The molecule has 0 saturated heterocycles. The fraction of sp³-hybridized carbons (Fsp3) is 0.417. The molecule has 0 fully saturated rings. The van der Waals surface area contributed by atoms with Crippen molar-refractivity contribution in [3.8, 4) is 6.07 Å². The van der Waals surface area contributed by atoms with E-state index in [1.165, 1.54) is 12.1 Å². The third-order valence-corrected chi connectivity index (χ3v) is 3.21. The minimum Gasteiger partial charge on any atom is -0.383 e. The van der Waals surface area contributed by atoms with Gasteiger partial charge in [-0.2, -0.15) is 5.26 Å². The van der Waals surface area contributed by atoms with E-state index in [1.54, 1.807) is 26.0 Å². The SMILES string of the molecule is CC(C)(CNc1ccc(C#N)c(F)c1)NS(C)(=O)=O. The summed E-state index contributed by atoms with van der Waals surface area (Å²) in [5, 5.41) is 11.5. The van der Waals surface area contributed by atoms with Gasteiger partial charge >= 0.3 is 0 Å². The number of anilines is 1. The van der Waals surface area contributed by atoms with Gasteiger partial charge in [0.15, 0.2) is 0 Å². The van der Waals surface area contributed by atoms with Crippen molar-refractivity contribution in [1.82, 2.24) is 4.72 Å². The predicted octanol–water partition coefficient (Wildman–Crippen LogP) is 1.44. The summed E-state index contributed by atoms with van der Waals surface area (Å²) in [6.07, 6.45) is 1.08. The van der Waals surface area contributed by atoms with Crippen LogP contribution in [0.4, 0.5) is 10.1 Å². The molecular weight excluding hydrogens is 269 g/mol. The Morgan fingerprint density at radius 3 is 2.53 bits per heavy atom. The summed E-state index contributed by atoms with van der Waals surface area (Å²) in [6.45, 7) is 3.70. The number of hydrogen-bond donors (Lipinski definition) is 2. The summed E-state index contributed by atoms with van der Waals surface area (Å²) in [4.78, 5) is 0. The molecule has 1 aromatic carbocycles. The lowest BCUT2D eigenvalue weighted by molar-refractivity contribution is 0.476. The minimum atomic E-state index is -3.31. The molecule has 0 spiro atoms. The Balaban J connectivity index is 2.72. The highest BCUT2D eigenvalue weighted by Gasteiger charge is 2.21. The van der Waals surface area contributed by atoms with Crippen LogP contribution >= 0.6 is 0 Å². The van der Waals surface area contributed by atoms with E-state index in [1.807, 2.05) is 0 Å². The Hall–Kier alpha value is -1.65. The van der Waals surface area contributed by atoms with Crippen molar-refractivity contribution in [1.29, 1.82) is 5.26 Å². The standard InChI is InChI=1S/C12H16FN3O2S/c1-12(2,16-19(3,17)18)8-15-10-5-4-9(7-14)11(13)6-10/h4-6,15-16H,8H2,1-3H3. The number of nitrogens with one attached hydrogen (secondary N) is 2. The van der Waals surface area contributed by atoms with Crippen molar-refractivity contribution in [3.63, 3.8) is 0 Å². The maximum atomic E-state index is 13.4. The highest BCUT2D eigenvalue weighted by atomic mass is 32.2. The molecule has 0 aliphatic heterocycles. The molecule has 0 aliphatic carbocycles. The molecule has 19 heavy (non-hydrogen) atoms. The van der Waals surface area contributed by atoms with Crippen LogP contribution in [0.2, 0.25) is 0 Å². The van der Waals surface area contributed by atoms with Crippen LogP contribution in [0.3, 0.4) is 0 Å². The molecule has 0 heterocycles. The molecule has 5 nitrogen and oxygen atoms in total. The van der Waals surface area contributed by atoms with Gasteiger partial charge in [-0.05, 0) is 32.0 Å². The lowest BCUT2D eigenvalue weighted by Gasteiger charge is -2.25. The normalized spacial score (nSPS) is 11.9. The first-order valence-electron chi connectivity index (χ1n) is 5.55. The first-order valence-corrected chi connectivity index (χ1v) is 7.44. The predicted molar refractivity (Wildman–Crippen MR) is 71.7 cm³/mol. The van der Waals surface area contributed by atoms with E-state index in [4.69, 9.17) is 5.26 Å². The first-order chi connectivity index (χ1) is 8.63. The minimum absolute atomic E-state index is 0.0286. The van der Waals surface area contributed by atoms with Gasteiger partial charge in [-0.3, -0.25) is 0 Å². The van der Waals surface area contributed by atoms with Gasteiger partial charge in [-0.1, -0.05) is 0 Å². The fourth-order valence-electron chi connectivity index (χ4n) is 1.58. The summed E-state index contributed by atoms with van der Waals surface area (Å²) in [7, 11) is -3.31. The number of nitrogens with zero attached hydrogens (tertiary/aromatic N) is 1. The quantitative estimate of drug-likeness (QED) is 0.857. The number of hydrogen-bond acceptors (Lipinski definition) is 4. The topological polar surface area (TPSA) is 82.0 Å². The van der Waals surface area contributed by atoms with Crippen LogP contribution in [0.15, 0.2) is 18.2 Å². The third-order valence-electron chi connectivity index (χ3n) is 2.29. The van der Waals surface area contributed by atoms with E-state index in [0.29, 0.717) is 5.69 Å². The summed E-state index contributed by atoms with van der Waals surface area (Å²) < 4.78 is 38.2. The molecule has 0 aromatic heterocycles. The van der Waals surface area contributed by atoms with Crippen LogP contribution in [0, 0.1) is 17.1 Å². The molecule has 0 atom stereocenters. The van der Waals surface area contributed by atoms with Gasteiger partial charge in [0.25, 0.3) is 0 Å².